The van der Waals surface area contributed by atoms with Crippen LogP contribution >= 0.6 is 0 Å². The highest BCUT2D eigenvalue weighted by atomic mass is 16.5. The van der Waals surface area contributed by atoms with Crippen LogP contribution in [-0.2, 0) is 28.9 Å². The number of benzene rings is 1. The van der Waals surface area contributed by atoms with E-state index in [0.717, 1.165) is 73.1 Å². The van der Waals surface area contributed by atoms with Gasteiger partial charge in [0.15, 0.2) is 0 Å². The lowest BCUT2D eigenvalue weighted by Gasteiger charge is -2.34. The van der Waals surface area contributed by atoms with Crippen molar-refractivity contribution in [2.24, 2.45) is 0 Å². The highest BCUT2D eigenvalue weighted by Crippen LogP contribution is 2.29. The fourth-order valence-corrected chi connectivity index (χ4v) is 4.92. The van der Waals surface area contributed by atoms with Gasteiger partial charge in [-0.3, -0.25) is 4.79 Å². The maximum atomic E-state index is 13.0. The third-order valence-corrected chi connectivity index (χ3v) is 7.01. The van der Waals surface area contributed by atoms with Crippen molar-refractivity contribution in [3.8, 4) is 5.75 Å². The summed E-state index contributed by atoms with van der Waals surface area (Å²) in [5.74, 6) is 2.93. The molecule has 2 aromatic rings. The lowest BCUT2D eigenvalue weighted by Crippen LogP contribution is -2.41. The average Bonchev–Trinajstić information content (AvgIpc) is 2.90. The van der Waals surface area contributed by atoms with E-state index in [9.17, 15) is 4.79 Å². The molecule has 4 rings (SSSR count). The first-order valence-electron chi connectivity index (χ1n) is 13.3. The SMILES string of the molecule is CCCCCCCCC(=O)N1CCc2nc(Cc3ccc(OC)cc3)nc(N3CCOCC3)c2C1. The van der Waals surface area contributed by atoms with Gasteiger partial charge in [0.2, 0.25) is 5.91 Å². The number of hydrogen-bond donors (Lipinski definition) is 0. The molecule has 0 saturated carbocycles. The molecule has 1 fully saturated rings. The van der Waals surface area contributed by atoms with E-state index in [2.05, 4.69) is 24.0 Å². The highest BCUT2D eigenvalue weighted by Gasteiger charge is 2.28. The minimum Gasteiger partial charge on any atom is -0.497 e. The Kier molecular flexibility index (Phi) is 9.35. The second-order valence-corrected chi connectivity index (χ2v) is 9.60. The summed E-state index contributed by atoms with van der Waals surface area (Å²) in [5, 5.41) is 0. The van der Waals surface area contributed by atoms with Gasteiger partial charge < -0.3 is 19.3 Å². The van der Waals surface area contributed by atoms with E-state index in [1.165, 1.54) is 25.7 Å². The molecule has 1 aromatic carbocycles. The molecule has 0 unspecified atom stereocenters. The number of carbonyl (C=O) groups excluding carboxylic acids is 1. The van der Waals surface area contributed by atoms with Crippen LogP contribution in [0.4, 0.5) is 5.82 Å². The van der Waals surface area contributed by atoms with Gasteiger partial charge in [0.1, 0.15) is 17.4 Å². The number of unbranched alkanes of at least 4 members (excludes halogenated alkanes) is 5. The predicted octanol–water partition coefficient (Wildman–Crippen LogP) is 4.55. The number of carbonyl (C=O) groups is 1. The Hall–Kier alpha value is -2.67. The summed E-state index contributed by atoms with van der Waals surface area (Å²) < 4.78 is 10.9. The fourth-order valence-electron chi connectivity index (χ4n) is 4.92. The van der Waals surface area contributed by atoms with Crippen LogP contribution < -0.4 is 9.64 Å². The van der Waals surface area contributed by atoms with Gasteiger partial charge in [-0.1, -0.05) is 51.2 Å². The van der Waals surface area contributed by atoms with Gasteiger partial charge >= 0.3 is 0 Å². The zero-order chi connectivity index (χ0) is 24.5. The molecule has 7 nitrogen and oxygen atoms in total. The molecule has 190 valence electrons. The van der Waals surface area contributed by atoms with Gasteiger partial charge in [-0.2, -0.15) is 0 Å². The molecule has 35 heavy (non-hydrogen) atoms. The molecule has 0 radical (unpaired) electrons. The van der Waals surface area contributed by atoms with E-state index in [1.807, 2.05) is 17.0 Å². The molecule has 2 aliphatic rings. The number of amides is 1. The lowest BCUT2D eigenvalue weighted by atomic mass is 10.0. The van der Waals surface area contributed by atoms with Crippen LogP contribution in [-0.4, -0.2) is 60.7 Å². The van der Waals surface area contributed by atoms with Gasteiger partial charge in [-0.25, -0.2) is 9.97 Å². The number of rotatable bonds is 11. The van der Waals surface area contributed by atoms with Gasteiger partial charge in [0.05, 0.1) is 32.6 Å². The van der Waals surface area contributed by atoms with Crippen LogP contribution in [0.3, 0.4) is 0 Å². The first-order valence-corrected chi connectivity index (χ1v) is 13.3. The van der Waals surface area contributed by atoms with Crippen LogP contribution in [0.25, 0.3) is 0 Å². The summed E-state index contributed by atoms with van der Waals surface area (Å²) in [7, 11) is 1.68. The van der Waals surface area contributed by atoms with Gasteiger partial charge in [-0.15, -0.1) is 0 Å². The maximum absolute atomic E-state index is 13.0. The molecule has 0 bridgehead atoms. The number of fused-ring (bicyclic) bond motifs is 1. The molecule has 0 atom stereocenters. The lowest BCUT2D eigenvalue weighted by molar-refractivity contribution is -0.132. The van der Waals surface area contributed by atoms with Crippen molar-refractivity contribution in [2.75, 3.05) is 44.9 Å². The van der Waals surface area contributed by atoms with Crippen LogP contribution in [0.2, 0.25) is 0 Å². The van der Waals surface area contributed by atoms with Crippen molar-refractivity contribution in [3.63, 3.8) is 0 Å². The topological polar surface area (TPSA) is 67.8 Å². The van der Waals surface area contributed by atoms with Crippen LogP contribution in [0, 0.1) is 0 Å². The summed E-state index contributed by atoms with van der Waals surface area (Å²) >= 11 is 0. The summed E-state index contributed by atoms with van der Waals surface area (Å²) in [5.41, 5.74) is 3.37. The molecule has 0 N–H and O–H groups in total. The number of ether oxygens (including phenoxy) is 2. The van der Waals surface area contributed by atoms with Crippen LogP contribution in [0.5, 0.6) is 5.75 Å². The molecular formula is C28H40N4O3. The summed E-state index contributed by atoms with van der Waals surface area (Å²) in [6.45, 7) is 6.62. The van der Waals surface area contributed by atoms with Gasteiger partial charge in [0, 0.05) is 44.5 Å². The standard InChI is InChI=1S/C28H40N4O3/c1-3-4-5-6-7-8-9-27(33)32-15-14-25-24(21-32)28(31-16-18-35-19-17-31)30-26(29-25)20-22-10-12-23(34-2)13-11-22/h10-13H,3-9,14-21H2,1-2H3. The Morgan fingerprint density at radius 1 is 1.00 bits per heavy atom. The molecule has 3 heterocycles. The normalized spacial score (nSPS) is 15.7. The van der Waals surface area contributed by atoms with Crippen molar-refractivity contribution in [2.45, 2.75) is 71.3 Å². The number of methoxy groups -OCH3 is 1. The molecule has 1 amide bonds. The molecule has 7 heteroatoms. The molecular weight excluding hydrogens is 440 g/mol. The quantitative estimate of drug-likeness (QED) is 0.440. The molecule has 1 saturated heterocycles. The molecule has 1 aromatic heterocycles. The van der Waals surface area contributed by atoms with E-state index in [-0.39, 0.29) is 5.91 Å². The van der Waals surface area contributed by atoms with E-state index in [4.69, 9.17) is 19.4 Å². The van der Waals surface area contributed by atoms with Crippen molar-refractivity contribution < 1.29 is 14.3 Å². The van der Waals surface area contributed by atoms with Crippen molar-refractivity contribution in [1.82, 2.24) is 14.9 Å². The summed E-state index contributed by atoms with van der Waals surface area (Å²) in [6, 6.07) is 8.09. The molecule has 0 aliphatic carbocycles. The fraction of sp³-hybridized carbons (Fsp3) is 0.607. The van der Waals surface area contributed by atoms with Gasteiger partial charge in [-0.05, 0) is 24.1 Å². The van der Waals surface area contributed by atoms with E-state index >= 15 is 0 Å². The van der Waals surface area contributed by atoms with Crippen molar-refractivity contribution in [3.05, 3.63) is 46.9 Å². The minimum absolute atomic E-state index is 0.265. The Morgan fingerprint density at radius 2 is 1.74 bits per heavy atom. The third-order valence-electron chi connectivity index (χ3n) is 7.01. The number of anilines is 1. The highest BCUT2D eigenvalue weighted by molar-refractivity contribution is 5.76. The Balaban J connectivity index is 1.47. The van der Waals surface area contributed by atoms with Crippen molar-refractivity contribution in [1.29, 1.82) is 0 Å². The van der Waals surface area contributed by atoms with E-state index < -0.39 is 0 Å². The number of aromatic nitrogens is 2. The van der Waals surface area contributed by atoms with Crippen LogP contribution in [0.15, 0.2) is 24.3 Å². The number of hydrogen-bond acceptors (Lipinski definition) is 6. The largest absolute Gasteiger partial charge is 0.497 e. The Labute approximate surface area is 209 Å². The monoisotopic (exact) mass is 480 g/mol. The zero-order valence-electron chi connectivity index (χ0n) is 21.4. The second-order valence-electron chi connectivity index (χ2n) is 9.60. The minimum atomic E-state index is 0.265. The van der Waals surface area contributed by atoms with Crippen LogP contribution in [0.1, 0.15) is 74.5 Å². The van der Waals surface area contributed by atoms with Crippen molar-refractivity contribution >= 4 is 11.7 Å². The number of nitrogens with zero attached hydrogens (tertiary/aromatic N) is 4. The zero-order valence-corrected chi connectivity index (χ0v) is 21.4. The predicted molar refractivity (Wildman–Crippen MR) is 138 cm³/mol. The maximum Gasteiger partial charge on any atom is 0.222 e. The molecule has 2 aliphatic heterocycles. The first-order chi connectivity index (χ1) is 17.2. The van der Waals surface area contributed by atoms with E-state index in [1.54, 1.807) is 7.11 Å². The average molecular weight is 481 g/mol. The summed E-state index contributed by atoms with van der Waals surface area (Å²) in [4.78, 5) is 27.3. The third kappa shape index (κ3) is 6.94. The van der Waals surface area contributed by atoms with Gasteiger partial charge in [0.25, 0.3) is 0 Å². The first kappa shape index (κ1) is 25.4. The van der Waals surface area contributed by atoms with E-state index in [0.29, 0.717) is 32.6 Å². The Bertz CT molecular complexity index is 957. The Morgan fingerprint density at radius 3 is 2.49 bits per heavy atom. The second kappa shape index (κ2) is 12.9. The smallest absolute Gasteiger partial charge is 0.222 e. The summed E-state index contributed by atoms with van der Waals surface area (Å²) in [6.07, 6.45) is 9.29. The molecule has 0 spiro atoms. The number of morpholine rings is 1.